The van der Waals surface area contributed by atoms with Crippen molar-refractivity contribution in [1.82, 2.24) is 9.97 Å². The molecule has 0 radical (unpaired) electrons. The van der Waals surface area contributed by atoms with Crippen LogP contribution in [0.4, 0.5) is 17.3 Å². The second kappa shape index (κ2) is 4.94. The highest BCUT2D eigenvalue weighted by Crippen LogP contribution is 2.39. The van der Waals surface area contributed by atoms with E-state index in [-0.39, 0.29) is 0 Å². The Morgan fingerprint density at radius 1 is 1.25 bits per heavy atom. The lowest BCUT2D eigenvalue weighted by molar-refractivity contribution is 0.928. The molecular formula is C15H17ClN4. The van der Waals surface area contributed by atoms with Gasteiger partial charge in [-0.15, -0.1) is 0 Å². The van der Waals surface area contributed by atoms with E-state index in [0.29, 0.717) is 11.7 Å². The van der Waals surface area contributed by atoms with Crippen LogP contribution < -0.4 is 11.1 Å². The summed E-state index contributed by atoms with van der Waals surface area (Å²) in [4.78, 5) is 8.97. The van der Waals surface area contributed by atoms with Gasteiger partial charge in [-0.05, 0) is 44.4 Å². The molecule has 0 aliphatic heterocycles. The number of nitrogens with one attached hydrogen (secondary N) is 1. The van der Waals surface area contributed by atoms with Crippen LogP contribution in [0.25, 0.3) is 0 Å². The Labute approximate surface area is 123 Å². The van der Waals surface area contributed by atoms with Crippen molar-refractivity contribution in [3.8, 4) is 0 Å². The van der Waals surface area contributed by atoms with Crippen molar-refractivity contribution >= 4 is 28.9 Å². The van der Waals surface area contributed by atoms with Gasteiger partial charge in [0.1, 0.15) is 17.5 Å². The van der Waals surface area contributed by atoms with Crippen LogP contribution in [0.2, 0.25) is 5.02 Å². The highest BCUT2D eigenvalue weighted by atomic mass is 35.5. The highest BCUT2D eigenvalue weighted by Gasteiger charge is 2.27. The second-order valence-electron chi connectivity index (χ2n) is 5.30. The lowest BCUT2D eigenvalue weighted by atomic mass is 10.2. The van der Waals surface area contributed by atoms with Crippen molar-refractivity contribution < 1.29 is 0 Å². The average Bonchev–Trinajstić information content (AvgIpc) is 3.23. The summed E-state index contributed by atoms with van der Waals surface area (Å²) in [6.07, 6.45) is 2.30. The Kier molecular flexibility index (Phi) is 3.26. The largest absolute Gasteiger partial charge is 0.383 e. The molecule has 1 aromatic heterocycles. The zero-order valence-electron chi connectivity index (χ0n) is 11.6. The third-order valence-corrected chi connectivity index (χ3v) is 3.99. The molecule has 0 bridgehead atoms. The lowest BCUT2D eigenvalue weighted by Crippen LogP contribution is -2.06. The third-order valence-electron chi connectivity index (χ3n) is 3.58. The van der Waals surface area contributed by atoms with Gasteiger partial charge >= 0.3 is 0 Å². The first-order valence-electron chi connectivity index (χ1n) is 6.72. The molecule has 1 fully saturated rings. The molecule has 0 unspecified atom stereocenters. The quantitative estimate of drug-likeness (QED) is 0.897. The summed E-state index contributed by atoms with van der Waals surface area (Å²) >= 11 is 6.15. The van der Waals surface area contributed by atoms with Gasteiger partial charge in [0.2, 0.25) is 0 Å². The fraction of sp³-hybridized carbons (Fsp3) is 0.333. The van der Waals surface area contributed by atoms with Crippen LogP contribution >= 0.6 is 11.6 Å². The number of halogens is 1. The van der Waals surface area contributed by atoms with E-state index in [1.54, 1.807) is 0 Å². The molecule has 20 heavy (non-hydrogen) atoms. The minimum absolute atomic E-state index is 0.472. The predicted molar refractivity (Wildman–Crippen MR) is 82.6 cm³/mol. The van der Waals surface area contributed by atoms with Gasteiger partial charge in [-0.2, -0.15) is 0 Å². The lowest BCUT2D eigenvalue weighted by Gasteiger charge is -2.12. The maximum absolute atomic E-state index is 6.15. The molecule has 1 heterocycles. The summed E-state index contributed by atoms with van der Waals surface area (Å²) in [6, 6.07) is 5.85. The zero-order valence-corrected chi connectivity index (χ0v) is 12.3. The molecule has 3 N–H and O–H groups in total. The number of rotatable bonds is 3. The van der Waals surface area contributed by atoms with E-state index >= 15 is 0 Å². The third kappa shape index (κ3) is 2.56. The summed E-state index contributed by atoms with van der Waals surface area (Å²) in [5.74, 6) is 2.62. The molecule has 4 nitrogen and oxygen atoms in total. The summed E-state index contributed by atoms with van der Waals surface area (Å²) in [7, 11) is 0. The van der Waals surface area contributed by atoms with Gasteiger partial charge in [0.15, 0.2) is 0 Å². The molecule has 1 saturated carbocycles. The maximum atomic E-state index is 6.15. The molecular weight excluding hydrogens is 272 g/mol. The van der Waals surface area contributed by atoms with Gasteiger partial charge in [0.05, 0.1) is 0 Å². The Morgan fingerprint density at radius 3 is 2.65 bits per heavy atom. The van der Waals surface area contributed by atoms with Crippen LogP contribution in [0.3, 0.4) is 0 Å². The monoisotopic (exact) mass is 288 g/mol. The summed E-state index contributed by atoms with van der Waals surface area (Å²) in [5.41, 5.74) is 8.80. The molecule has 0 saturated heterocycles. The molecule has 0 amide bonds. The smallest absolute Gasteiger partial charge is 0.139 e. The number of benzene rings is 1. The van der Waals surface area contributed by atoms with E-state index in [0.717, 1.165) is 46.3 Å². The van der Waals surface area contributed by atoms with Crippen molar-refractivity contribution in [1.29, 1.82) is 0 Å². The molecule has 1 aromatic carbocycles. The van der Waals surface area contributed by atoms with E-state index in [9.17, 15) is 0 Å². The number of nitrogens with two attached hydrogens (primary N) is 1. The first-order chi connectivity index (χ1) is 9.54. The normalized spacial score (nSPS) is 14.3. The zero-order chi connectivity index (χ0) is 14.3. The Morgan fingerprint density at radius 2 is 2.00 bits per heavy atom. The molecule has 1 aliphatic rings. The number of anilines is 3. The van der Waals surface area contributed by atoms with Crippen LogP contribution in [0.5, 0.6) is 0 Å². The van der Waals surface area contributed by atoms with E-state index in [1.807, 2.05) is 32.0 Å². The second-order valence-corrected chi connectivity index (χ2v) is 5.71. The number of nitrogen functional groups attached to an aromatic ring is 1. The fourth-order valence-corrected chi connectivity index (χ4v) is 2.19. The number of hydrogen-bond acceptors (Lipinski definition) is 4. The van der Waals surface area contributed by atoms with Gasteiger partial charge in [-0.3, -0.25) is 0 Å². The van der Waals surface area contributed by atoms with Crippen molar-refractivity contribution in [2.45, 2.75) is 32.6 Å². The fourth-order valence-electron chi connectivity index (χ4n) is 2.01. The molecule has 1 aliphatic carbocycles. The molecule has 2 aromatic rings. The van der Waals surface area contributed by atoms with Crippen molar-refractivity contribution in [2.75, 3.05) is 11.1 Å². The maximum Gasteiger partial charge on any atom is 0.139 e. The standard InChI is InChI=1S/C15H17ClN4/c1-8-3-6-11(7-12(8)16)18-14-9(2)13(17)19-15(20-14)10-4-5-10/h3,6-7,10H,4-5H2,1-2H3,(H3,17,18,19,20). The van der Waals surface area contributed by atoms with E-state index in [1.165, 1.54) is 0 Å². The van der Waals surface area contributed by atoms with Crippen LogP contribution in [0.1, 0.15) is 35.7 Å². The number of nitrogens with zero attached hydrogens (tertiary/aromatic N) is 2. The van der Waals surface area contributed by atoms with Gasteiger partial charge in [-0.1, -0.05) is 17.7 Å². The van der Waals surface area contributed by atoms with Crippen molar-refractivity contribution in [3.63, 3.8) is 0 Å². The molecule has 5 heteroatoms. The van der Waals surface area contributed by atoms with E-state index < -0.39 is 0 Å². The molecule has 0 atom stereocenters. The van der Waals surface area contributed by atoms with Gasteiger partial charge in [0.25, 0.3) is 0 Å². The number of aryl methyl sites for hydroxylation is 1. The van der Waals surface area contributed by atoms with Gasteiger partial charge < -0.3 is 11.1 Å². The first-order valence-corrected chi connectivity index (χ1v) is 7.09. The summed E-state index contributed by atoms with van der Waals surface area (Å²) < 4.78 is 0. The first kappa shape index (κ1) is 13.2. The minimum Gasteiger partial charge on any atom is -0.383 e. The van der Waals surface area contributed by atoms with Crippen molar-refractivity contribution in [3.05, 3.63) is 40.2 Å². The van der Waals surface area contributed by atoms with Gasteiger partial charge in [0, 0.05) is 22.2 Å². The number of hydrogen-bond donors (Lipinski definition) is 2. The summed E-state index contributed by atoms with van der Waals surface area (Å²) in [6.45, 7) is 3.90. The van der Waals surface area contributed by atoms with Gasteiger partial charge in [-0.25, -0.2) is 9.97 Å². The van der Waals surface area contributed by atoms with Crippen LogP contribution in [0, 0.1) is 13.8 Å². The highest BCUT2D eigenvalue weighted by molar-refractivity contribution is 6.31. The Hall–Kier alpha value is -1.81. The molecule has 3 rings (SSSR count). The van der Waals surface area contributed by atoms with E-state index in [4.69, 9.17) is 17.3 Å². The summed E-state index contributed by atoms with van der Waals surface area (Å²) in [5, 5.41) is 4.02. The Balaban J connectivity index is 1.94. The number of aromatic nitrogens is 2. The minimum atomic E-state index is 0.472. The SMILES string of the molecule is Cc1ccc(Nc2nc(C3CC3)nc(N)c2C)cc1Cl. The Bertz CT molecular complexity index is 665. The van der Waals surface area contributed by atoms with Crippen LogP contribution in [-0.2, 0) is 0 Å². The van der Waals surface area contributed by atoms with E-state index in [2.05, 4.69) is 15.3 Å². The topological polar surface area (TPSA) is 63.8 Å². The predicted octanol–water partition coefficient (Wildman–Crippen LogP) is 3.95. The van der Waals surface area contributed by atoms with Crippen LogP contribution in [-0.4, -0.2) is 9.97 Å². The van der Waals surface area contributed by atoms with Crippen molar-refractivity contribution in [2.24, 2.45) is 0 Å². The molecule has 0 spiro atoms. The molecule has 104 valence electrons. The van der Waals surface area contributed by atoms with Crippen LogP contribution in [0.15, 0.2) is 18.2 Å². The average molecular weight is 289 g/mol.